The molecule has 0 fully saturated rings. The molecule has 2 heterocycles. The van der Waals surface area contributed by atoms with Crippen LogP contribution in [0.1, 0.15) is 0 Å². The molecule has 4 heteroatoms. The van der Waals surface area contributed by atoms with Crippen LogP contribution in [-0.2, 0) is 0 Å². The molecule has 0 spiro atoms. The molecule has 56 valence electrons. The van der Waals surface area contributed by atoms with Crippen molar-refractivity contribution in [3.63, 3.8) is 0 Å². The van der Waals surface area contributed by atoms with Crippen LogP contribution in [0.25, 0.3) is 5.65 Å². The van der Waals surface area contributed by atoms with Gasteiger partial charge in [0.25, 0.3) is 0 Å². The zero-order chi connectivity index (χ0) is 7.84. The highest BCUT2D eigenvalue weighted by atomic mass is 79.9. The van der Waals surface area contributed by atoms with Gasteiger partial charge >= 0.3 is 0 Å². The minimum Gasteiger partial charge on any atom is -0.334 e. The Morgan fingerprint density at radius 3 is 3.18 bits per heavy atom. The molecule has 2 aromatic heterocycles. The second kappa shape index (κ2) is 2.23. The van der Waals surface area contributed by atoms with E-state index < -0.39 is 0 Å². The molecule has 3 nitrogen and oxygen atoms in total. The first-order valence-corrected chi connectivity index (χ1v) is 3.91. The molecule has 2 rings (SSSR count). The van der Waals surface area contributed by atoms with Crippen LogP contribution < -0.4 is 5.43 Å². The van der Waals surface area contributed by atoms with Crippen LogP contribution >= 0.6 is 15.9 Å². The van der Waals surface area contributed by atoms with Crippen LogP contribution in [-0.4, -0.2) is 9.38 Å². The maximum absolute atomic E-state index is 10.8. The first-order chi connectivity index (χ1) is 5.25. The van der Waals surface area contributed by atoms with E-state index in [0.29, 0.717) is 0 Å². The quantitative estimate of drug-likeness (QED) is 0.705. The molecular formula is C7H5BrN2O. The van der Waals surface area contributed by atoms with E-state index in [1.54, 1.807) is 12.3 Å². The van der Waals surface area contributed by atoms with E-state index in [-0.39, 0.29) is 5.43 Å². The fourth-order valence-electron chi connectivity index (χ4n) is 0.981. The van der Waals surface area contributed by atoms with Gasteiger partial charge in [-0.3, -0.25) is 4.79 Å². The van der Waals surface area contributed by atoms with Crippen molar-refractivity contribution in [2.45, 2.75) is 0 Å². The topological polar surface area (TPSA) is 37.3 Å². The first-order valence-electron chi connectivity index (χ1n) is 3.12. The summed E-state index contributed by atoms with van der Waals surface area (Å²) in [5.41, 5.74) is 0.809. The number of fused-ring (bicyclic) bond motifs is 1. The van der Waals surface area contributed by atoms with Crippen molar-refractivity contribution in [2.24, 2.45) is 0 Å². The van der Waals surface area contributed by atoms with Crippen molar-refractivity contribution < 1.29 is 0 Å². The lowest BCUT2D eigenvalue weighted by atomic mass is 10.5. The summed E-state index contributed by atoms with van der Waals surface area (Å²) in [6.07, 6.45) is 3.58. The number of halogens is 1. The minimum atomic E-state index is 0.0133. The smallest absolute Gasteiger partial charge is 0.183 e. The third-order valence-corrected chi connectivity index (χ3v) is 1.86. The van der Waals surface area contributed by atoms with Crippen molar-refractivity contribution in [3.8, 4) is 0 Å². The maximum atomic E-state index is 10.8. The Morgan fingerprint density at radius 1 is 1.55 bits per heavy atom. The van der Waals surface area contributed by atoms with Gasteiger partial charge in [-0.1, -0.05) is 0 Å². The fourth-order valence-corrected chi connectivity index (χ4v) is 1.41. The predicted molar refractivity (Wildman–Crippen MR) is 45.7 cm³/mol. The van der Waals surface area contributed by atoms with Crippen LogP contribution in [0.4, 0.5) is 0 Å². The molecule has 0 amide bonds. The highest BCUT2D eigenvalue weighted by molar-refractivity contribution is 9.10. The second-order valence-corrected chi connectivity index (χ2v) is 3.11. The van der Waals surface area contributed by atoms with Gasteiger partial charge in [0, 0.05) is 24.5 Å². The monoisotopic (exact) mass is 212 g/mol. The second-order valence-electron chi connectivity index (χ2n) is 2.26. The molecule has 0 aliphatic rings. The molecule has 0 saturated carbocycles. The van der Waals surface area contributed by atoms with Gasteiger partial charge in [0.15, 0.2) is 5.43 Å². The summed E-state index contributed by atoms with van der Waals surface area (Å²) >= 11 is 3.27. The summed E-state index contributed by atoms with van der Waals surface area (Å²) in [5.74, 6) is 0. The molecule has 0 aromatic carbocycles. The molecule has 0 bridgehead atoms. The van der Waals surface area contributed by atoms with Crippen molar-refractivity contribution in [1.29, 1.82) is 0 Å². The zero-order valence-corrected chi connectivity index (χ0v) is 7.13. The Balaban J connectivity index is 2.92. The molecule has 11 heavy (non-hydrogen) atoms. The highest BCUT2D eigenvalue weighted by Crippen LogP contribution is 2.07. The Morgan fingerprint density at radius 2 is 2.36 bits per heavy atom. The number of nitrogens with one attached hydrogen (secondary N) is 1. The van der Waals surface area contributed by atoms with E-state index in [9.17, 15) is 4.79 Å². The molecule has 0 aliphatic heterocycles. The third kappa shape index (κ3) is 1.09. The summed E-state index contributed by atoms with van der Waals surface area (Å²) in [6, 6.07) is 3.07. The van der Waals surface area contributed by atoms with Crippen LogP contribution in [0.2, 0.25) is 0 Å². The van der Waals surface area contributed by atoms with Crippen LogP contribution in [0, 0.1) is 0 Å². The first kappa shape index (κ1) is 6.67. The lowest BCUT2D eigenvalue weighted by Gasteiger charge is -1.87. The van der Waals surface area contributed by atoms with Gasteiger partial charge in [0.05, 0.1) is 0 Å². The largest absolute Gasteiger partial charge is 0.334 e. The SMILES string of the molecule is O=c1ccn2cc(Br)[nH]c2c1. The number of aromatic amines is 1. The molecular weight excluding hydrogens is 208 g/mol. The van der Waals surface area contributed by atoms with Gasteiger partial charge in [-0.05, 0) is 15.9 Å². The molecule has 1 N–H and O–H groups in total. The molecule has 2 aromatic rings. The van der Waals surface area contributed by atoms with Crippen molar-refractivity contribution in [1.82, 2.24) is 9.38 Å². The summed E-state index contributed by atoms with van der Waals surface area (Å²) in [7, 11) is 0. The van der Waals surface area contributed by atoms with Crippen molar-refractivity contribution in [3.05, 3.63) is 39.4 Å². The Hall–Kier alpha value is -1.03. The van der Waals surface area contributed by atoms with Crippen molar-refractivity contribution in [2.75, 3.05) is 0 Å². The van der Waals surface area contributed by atoms with E-state index in [4.69, 9.17) is 0 Å². The van der Waals surface area contributed by atoms with E-state index in [2.05, 4.69) is 20.9 Å². The average molecular weight is 213 g/mol. The minimum absolute atomic E-state index is 0.0133. The van der Waals surface area contributed by atoms with Gasteiger partial charge in [-0.2, -0.15) is 0 Å². The van der Waals surface area contributed by atoms with Crippen LogP contribution in [0.3, 0.4) is 0 Å². The molecule has 0 aliphatic carbocycles. The van der Waals surface area contributed by atoms with Crippen molar-refractivity contribution >= 4 is 21.6 Å². The van der Waals surface area contributed by atoms with Crippen LogP contribution in [0.5, 0.6) is 0 Å². The van der Waals surface area contributed by atoms with E-state index in [0.717, 1.165) is 10.3 Å². The highest BCUT2D eigenvalue weighted by Gasteiger charge is 1.94. The van der Waals surface area contributed by atoms with Gasteiger partial charge in [0.2, 0.25) is 0 Å². The summed E-state index contributed by atoms with van der Waals surface area (Å²) in [4.78, 5) is 13.8. The number of imidazole rings is 1. The number of nitrogens with zero attached hydrogens (tertiary/aromatic N) is 1. The fraction of sp³-hybridized carbons (Fsp3) is 0. The number of hydrogen-bond acceptors (Lipinski definition) is 1. The normalized spacial score (nSPS) is 10.6. The lowest BCUT2D eigenvalue weighted by molar-refractivity contribution is 1.18. The standard InChI is InChI=1S/C7H5BrN2O/c8-6-4-10-2-1-5(11)3-7(10)9-6/h1-4,9H. The molecule has 0 saturated heterocycles. The van der Waals surface area contributed by atoms with E-state index in [1.807, 2.05) is 10.6 Å². The molecule has 0 atom stereocenters. The maximum Gasteiger partial charge on any atom is 0.183 e. The van der Waals surface area contributed by atoms with Gasteiger partial charge in [-0.15, -0.1) is 0 Å². The third-order valence-electron chi connectivity index (χ3n) is 1.46. The zero-order valence-electron chi connectivity index (χ0n) is 5.54. The summed E-state index contributed by atoms with van der Waals surface area (Å²) in [5, 5.41) is 0. The number of aromatic nitrogens is 2. The number of H-pyrrole nitrogens is 1. The van der Waals surface area contributed by atoms with Gasteiger partial charge in [-0.25, -0.2) is 0 Å². The summed E-state index contributed by atoms with van der Waals surface area (Å²) in [6.45, 7) is 0. The Kier molecular flexibility index (Phi) is 1.35. The number of hydrogen-bond donors (Lipinski definition) is 1. The predicted octanol–water partition coefficient (Wildman–Crippen LogP) is 1.39. The lowest BCUT2D eigenvalue weighted by Crippen LogP contribution is -1.97. The van der Waals surface area contributed by atoms with Gasteiger partial charge in [0.1, 0.15) is 10.3 Å². The van der Waals surface area contributed by atoms with E-state index in [1.165, 1.54) is 6.07 Å². The molecule has 0 unspecified atom stereocenters. The average Bonchev–Trinajstić information content (AvgIpc) is 2.27. The van der Waals surface area contributed by atoms with Crippen LogP contribution in [0.15, 0.2) is 33.9 Å². The summed E-state index contributed by atoms with van der Waals surface area (Å²) < 4.78 is 2.70. The van der Waals surface area contributed by atoms with E-state index >= 15 is 0 Å². The Bertz CT molecular complexity index is 443. The molecule has 0 radical (unpaired) electrons. The number of rotatable bonds is 0. The van der Waals surface area contributed by atoms with Gasteiger partial charge < -0.3 is 9.38 Å². The Labute approximate surface area is 70.8 Å². The number of pyridine rings is 1.